The van der Waals surface area contributed by atoms with Crippen molar-refractivity contribution >= 4 is 15.9 Å². The summed E-state index contributed by atoms with van der Waals surface area (Å²) in [6.45, 7) is 4.05. The van der Waals surface area contributed by atoms with E-state index in [4.69, 9.17) is 4.74 Å². The summed E-state index contributed by atoms with van der Waals surface area (Å²) in [6, 6.07) is 5.76. The summed E-state index contributed by atoms with van der Waals surface area (Å²) in [5, 5.41) is 14.9. The molecule has 1 N–H and O–H groups in total. The highest BCUT2D eigenvalue weighted by Crippen LogP contribution is 2.28. The maximum Gasteiger partial charge on any atom is 0.121 e. The molecule has 0 aliphatic rings. The average Bonchev–Trinajstić information content (AvgIpc) is 2.74. The first kappa shape index (κ1) is 16.0. The minimum absolute atomic E-state index is 0.524. The zero-order valence-electron chi connectivity index (χ0n) is 12.9. The van der Waals surface area contributed by atoms with Crippen LogP contribution in [0.1, 0.15) is 35.5 Å². The van der Waals surface area contributed by atoms with E-state index in [1.165, 1.54) is 0 Å². The Morgan fingerprint density at radius 3 is 2.67 bits per heavy atom. The fraction of sp³-hybridized carbons (Fsp3) is 0.438. The minimum Gasteiger partial charge on any atom is -0.496 e. The molecular weight excluding hydrogens is 332 g/mol. The standard InChI is InChI=1S/C16H21BrN2O2/c1-5-12-16(17)13(19(3)18-12)9-14(20)11-6-7-15(21-4)10(2)8-11/h6-8,14,20H,5,9H2,1-4H3. The molecule has 0 radical (unpaired) electrons. The molecule has 114 valence electrons. The molecule has 5 heteroatoms. The molecule has 1 aromatic carbocycles. The van der Waals surface area contributed by atoms with Gasteiger partial charge in [-0.25, -0.2) is 0 Å². The third-order valence-corrected chi connectivity index (χ3v) is 4.61. The van der Waals surface area contributed by atoms with Gasteiger partial charge in [-0.05, 0) is 52.5 Å². The Labute approximate surface area is 133 Å². The van der Waals surface area contributed by atoms with Crippen LogP contribution in [0.4, 0.5) is 0 Å². The molecule has 4 nitrogen and oxygen atoms in total. The van der Waals surface area contributed by atoms with Crippen LogP contribution in [-0.2, 0) is 19.9 Å². The maximum absolute atomic E-state index is 10.5. The Balaban J connectivity index is 2.24. The molecule has 0 saturated heterocycles. The van der Waals surface area contributed by atoms with Gasteiger partial charge >= 0.3 is 0 Å². The lowest BCUT2D eigenvalue weighted by Gasteiger charge is -2.14. The number of aromatic nitrogens is 2. The Morgan fingerprint density at radius 2 is 2.14 bits per heavy atom. The van der Waals surface area contributed by atoms with E-state index < -0.39 is 6.10 Å². The van der Waals surface area contributed by atoms with Gasteiger partial charge in [0.1, 0.15) is 5.75 Å². The second kappa shape index (κ2) is 6.62. The number of aliphatic hydroxyl groups excluding tert-OH is 1. The summed E-state index contributed by atoms with van der Waals surface area (Å²) in [7, 11) is 3.56. The lowest BCUT2D eigenvalue weighted by molar-refractivity contribution is 0.175. The molecule has 0 fully saturated rings. The molecule has 1 unspecified atom stereocenters. The summed E-state index contributed by atoms with van der Waals surface area (Å²) in [6.07, 6.45) is 0.827. The lowest BCUT2D eigenvalue weighted by Crippen LogP contribution is -2.07. The van der Waals surface area contributed by atoms with Crippen LogP contribution in [0, 0.1) is 6.92 Å². The Hall–Kier alpha value is -1.33. The highest BCUT2D eigenvalue weighted by Gasteiger charge is 2.18. The molecule has 0 saturated carbocycles. The van der Waals surface area contributed by atoms with Gasteiger partial charge < -0.3 is 9.84 Å². The molecule has 2 aromatic rings. The van der Waals surface area contributed by atoms with Gasteiger partial charge in [0.05, 0.1) is 29.1 Å². The van der Waals surface area contributed by atoms with Crippen LogP contribution in [0.2, 0.25) is 0 Å². The summed E-state index contributed by atoms with van der Waals surface area (Å²) in [4.78, 5) is 0. The second-order valence-electron chi connectivity index (χ2n) is 5.13. The van der Waals surface area contributed by atoms with E-state index in [9.17, 15) is 5.11 Å². The van der Waals surface area contributed by atoms with Crippen LogP contribution in [0.5, 0.6) is 5.75 Å². The van der Waals surface area contributed by atoms with Crippen molar-refractivity contribution in [1.29, 1.82) is 0 Å². The molecule has 2 rings (SSSR count). The number of benzene rings is 1. The van der Waals surface area contributed by atoms with Gasteiger partial charge in [-0.2, -0.15) is 5.10 Å². The van der Waals surface area contributed by atoms with Gasteiger partial charge in [0.25, 0.3) is 0 Å². The number of nitrogens with zero attached hydrogens (tertiary/aromatic N) is 2. The van der Waals surface area contributed by atoms with Crippen molar-refractivity contribution in [3.8, 4) is 5.75 Å². The van der Waals surface area contributed by atoms with Crippen molar-refractivity contribution in [2.24, 2.45) is 7.05 Å². The topological polar surface area (TPSA) is 47.3 Å². The number of halogens is 1. The summed E-state index contributed by atoms with van der Waals surface area (Å²) in [5.74, 6) is 0.834. The van der Waals surface area contributed by atoms with Crippen LogP contribution in [0.3, 0.4) is 0 Å². The molecule has 0 spiro atoms. The molecule has 1 atom stereocenters. The molecular formula is C16H21BrN2O2. The van der Waals surface area contributed by atoms with Crippen LogP contribution >= 0.6 is 15.9 Å². The van der Waals surface area contributed by atoms with Crippen LogP contribution in [0.15, 0.2) is 22.7 Å². The van der Waals surface area contributed by atoms with Crippen LogP contribution in [-0.4, -0.2) is 22.0 Å². The number of aryl methyl sites for hydroxylation is 3. The fourth-order valence-electron chi connectivity index (χ4n) is 2.45. The van der Waals surface area contributed by atoms with Crippen molar-refractivity contribution in [3.05, 3.63) is 45.2 Å². The van der Waals surface area contributed by atoms with Crippen molar-refractivity contribution in [2.45, 2.75) is 32.8 Å². The third kappa shape index (κ3) is 3.30. The number of hydrogen-bond donors (Lipinski definition) is 1. The predicted octanol–water partition coefficient (Wildman–Crippen LogP) is 3.34. The molecule has 1 aromatic heterocycles. The van der Waals surface area contributed by atoms with Crippen molar-refractivity contribution in [3.63, 3.8) is 0 Å². The quantitative estimate of drug-likeness (QED) is 0.897. The van der Waals surface area contributed by atoms with Gasteiger partial charge in [0.15, 0.2) is 0 Å². The third-order valence-electron chi connectivity index (χ3n) is 3.69. The zero-order valence-corrected chi connectivity index (χ0v) is 14.4. The van der Waals surface area contributed by atoms with E-state index in [1.807, 2.05) is 36.9 Å². The van der Waals surface area contributed by atoms with Gasteiger partial charge in [0.2, 0.25) is 0 Å². The average molecular weight is 353 g/mol. The zero-order chi connectivity index (χ0) is 15.6. The molecule has 0 aliphatic carbocycles. The molecule has 21 heavy (non-hydrogen) atoms. The van der Waals surface area contributed by atoms with Gasteiger partial charge in [0, 0.05) is 13.5 Å². The number of rotatable bonds is 5. The Kier molecular flexibility index (Phi) is 5.06. The molecule has 0 aliphatic heterocycles. The summed E-state index contributed by atoms with van der Waals surface area (Å²) < 4.78 is 8.08. The summed E-state index contributed by atoms with van der Waals surface area (Å²) >= 11 is 3.59. The minimum atomic E-state index is -0.564. The van der Waals surface area contributed by atoms with E-state index in [1.54, 1.807) is 7.11 Å². The predicted molar refractivity (Wildman–Crippen MR) is 86.7 cm³/mol. The molecule has 0 amide bonds. The fourth-order valence-corrected chi connectivity index (χ4v) is 3.23. The molecule has 1 heterocycles. The lowest BCUT2D eigenvalue weighted by atomic mass is 10.0. The first-order chi connectivity index (χ1) is 9.97. The van der Waals surface area contributed by atoms with Crippen molar-refractivity contribution in [1.82, 2.24) is 9.78 Å². The first-order valence-corrected chi connectivity index (χ1v) is 7.80. The number of methoxy groups -OCH3 is 1. The highest BCUT2D eigenvalue weighted by atomic mass is 79.9. The second-order valence-corrected chi connectivity index (χ2v) is 5.93. The number of aliphatic hydroxyl groups is 1. The molecule has 0 bridgehead atoms. The highest BCUT2D eigenvalue weighted by molar-refractivity contribution is 9.10. The van der Waals surface area contributed by atoms with Crippen molar-refractivity contribution < 1.29 is 9.84 Å². The van der Waals surface area contributed by atoms with Crippen molar-refractivity contribution in [2.75, 3.05) is 7.11 Å². The van der Waals surface area contributed by atoms with Gasteiger partial charge in [-0.15, -0.1) is 0 Å². The van der Waals surface area contributed by atoms with E-state index >= 15 is 0 Å². The Bertz CT molecular complexity index is 637. The van der Waals surface area contributed by atoms with Crippen LogP contribution in [0.25, 0.3) is 0 Å². The van der Waals surface area contributed by atoms with Gasteiger partial charge in [-0.3, -0.25) is 4.68 Å². The number of hydrogen-bond acceptors (Lipinski definition) is 3. The van der Waals surface area contributed by atoms with E-state index in [0.717, 1.165) is 39.2 Å². The SMILES string of the molecule is CCc1nn(C)c(CC(O)c2ccc(OC)c(C)c2)c1Br. The van der Waals surface area contributed by atoms with E-state index in [2.05, 4.69) is 28.0 Å². The largest absolute Gasteiger partial charge is 0.496 e. The van der Waals surface area contributed by atoms with Crippen LogP contribution < -0.4 is 4.74 Å². The van der Waals surface area contributed by atoms with Gasteiger partial charge in [-0.1, -0.05) is 13.0 Å². The maximum atomic E-state index is 10.5. The summed E-state index contributed by atoms with van der Waals surface area (Å²) in [5.41, 5.74) is 3.94. The number of ether oxygens (including phenoxy) is 1. The first-order valence-electron chi connectivity index (χ1n) is 7.00. The normalized spacial score (nSPS) is 12.5. The van der Waals surface area contributed by atoms with E-state index in [0.29, 0.717) is 6.42 Å². The van der Waals surface area contributed by atoms with E-state index in [-0.39, 0.29) is 0 Å². The Morgan fingerprint density at radius 1 is 1.43 bits per heavy atom. The monoisotopic (exact) mass is 352 g/mol. The smallest absolute Gasteiger partial charge is 0.121 e.